The average Bonchev–Trinajstić information content (AvgIpc) is 3.61. The third kappa shape index (κ3) is 9.10. The summed E-state index contributed by atoms with van der Waals surface area (Å²) in [5, 5.41) is 0. The van der Waals surface area contributed by atoms with Crippen LogP contribution in [0.25, 0.3) is 102 Å². The van der Waals surface area contributed by atoms with Crippen molar-refractivity contribution in [1.82, 2.24) is 34.9 Å². The molecule has 14 rings (SSSR count). The van der Waals surface area contributed by atoms with Gasteiger partial charge in [-0.25, -0.2) is 34.9 Å². The van der Waals surface area contributed by atoms with Gasteiger partial charge in [-0.2, -0.15) is 0 Å². The topological polar surface area (TPSA) is 96.7 Å². The van der Waals surface area contributed by atoms with Crippen molar-refractivity contribution in [1.29, 1.82) is 0 Å². The number of nitrogens with zero attached hydrogens (tertiary/aromatic N) is 9. The van der Waals surface area contributed by atoms with Gasteiger partial charge in [0.2, 0.25) is 0 Å². The Hall–Kier alpha value is -11.0. The van der Waals surface area contributed by atoms with Crippen LogP contribution in [0.3, 0.4) is 0 Å². The Balaban J connectivity index is 1.07. The first-order valence-corrected chi connectivity index (χ1v) is 26.6. The van der Waals surface area contributed by atoms with Crippen LogP contribution in [-0.4, -0.2) is 34.9 Å². The minimum Gasteiger partial charge on any atom is -0.305 e. The van der Waals surface area contributed by atoms with Gasteiger partial charge >= 0.3 is 0 Å². The number of aromatic nitrogens is 7. The molecule has 9 nitrogen and oxygen atoms in total. The van der Waals surface area contributed by atoms with Crippen molar-refractivity contribution < 1.29 is 0 Å². The summed E-state index contributed by atoms with van der Waals surface area (Å²) in [4.78, 5) is 42.2. The molecule has 0 saturated heterocycles. The second-order valence-corrected chi connectivity index (χ2v) is 19.3. The molecule has 10 aromatic carbocycles. The largest absolute Gasteiger partial charge is 0.305 e. The second-order valence-electron chi connectivity index (χ2n) is 19.3. The number of hydrogen-bond acceptors (Lipinski definition) is 9. The van der Waals surface area contributed by atoms with E-state index in [-0.39, 0.29) is 0 Å². The summed E-state index contributed by atoms with van der Waals surface area (Å²) in [6, 6.07) is 97.5. The van der Waals surface area contributed by atoms with Crippen molar-refractivity contribution in [3.8, 4) is 102 Å². The van der Waals surface area contributed by atoms with Crippen molar-refractivity contribution in [2.75, 3.05) is 9.80 Å². The zero-order chi connectivity index (χ0) is 53.2. The summed E-state index contributed by atoms with van der Waals surface area (Å²) in [5.41, 5.74) is 15.9. The normalized spacial score (nSPS) is 11.7. The number of para-hydroxylation sites is 4. The van der Waals surface area contributed by atoms with E-state index in [1.54, 1.807) is 0 Å². The first-order valence-electron chi connectivity index (χ1n) is 26.6. The first kappa shape index (κ1) is 47.4. The molecule has 9 heteroatoms. The fourth-order valence-corrected chi connectivity index (χ4v) is 10.5. The van der Waals surface area contributed by atoms with Crippen molar-refractivity contribution in [3.05, 3.63) is 285 Å². The van der Waals surface area contributed by atoms with Crippen LogP contribution in [0, 0.1) is 0 Å². The molecule has 0 bridgehead atoms. The van der Waals surface area contributed by atoms with Crippen LogP contribution in [0.4, 0.5) is 34.3 Å². The van der Waals surface area contributed by atoms with E-state index in [0.717, 1.165) is 107 Å². The van der Waals surface area contributed by atoms with Crippen molar-refractivity contribution in [2.45, 2.75) is 0 Å². The van der Waals surface area contributed by atoms with E-state index in [0.29, 0.717) is 29.1 Å². The maximum absolute atomic E-state index is 5.59. The molecule has 0 atom stereocenters. The third-order valence-corrected chi connectivity index (χ3v) is 14.3. The van der Waals surface area contributed by atoms with Crippen LogP contribution in [-0.2, 0) is 0 Å². The number of benzene rings is 10. The predicted octanol–water partition coefficient (Wildman–Crippen LogP) is 17.7. The fraction of sp³-hybridized carbons (Fsp3) is 0. The molecular formula is C71H47N9. The van der Waals surface area contributed by atoms with E-state index in [1.807, 2.05) is 133 Å². The summed E-state index contributed by atoms with van der Waals surface area (Å²) in [7, 11) is 0. The third-order valence-electron chi connectivity index (χ3n) is 14.3. The Kier molecular flexibility index (Phi) is 12.3. The van der Waals surface area contributed by atoms with Gasteiger partial charge in [0.15, 0.2) is 29.1 Å². The van der Waals surface area contributed by atoms with Gasteiger partial charge in [-0.05, 0) is 48.0 Å². The molecule has 1 aliphatic heterocycles. The highest BCUT2D eigenvalue weighted by Crippen LogP contribution is 2.58. The Morgan fingerprint density at radius 1 is 0.200 bits per heavy atom. The van der Waals surface area contributed by atoms with Crippen LogP contribution in [0.1, 0.15) is 0 Å². The average molecular weight is 1030 g/mol. The maximum Gasteiger partial charge on any atom is 0.164 e. The van der Waals surface area contributed by atoms with Crippen LogP contribution in [0.5, 0.6) is 0 Å². The van der Waals surface area contributed by atoms with Gasteiger partial charge in [0.05, 0.1) is 45.5 Å². The second kappa shape index (κ2) is 20.8. The van der Waals surface area contributed by atoms with Crippen LogP contribution in [0.15, 0.2) is 285 Å². The molecule has 0 radical (unpaired) electrons. The Labute approximate surface area is 463 Å². The Morgan fingerprint density at radius 2 is 0.500 bits per heavy atom. The van der Waals surface area contributed by atoms with Gasteiger partial charge in [0.25, 0.3) is 0 Å². The van der Waals surface area contributed by atoms with Gasteiger partial charge in [0, 0.05) is 56.1 Å². The molecule has 13 aromatic rings. The highest BCUT2D eigenvalue weighted by atomic mass is 15.3. The minimum absolute atomic E-state index is 0.503. The SMILES string of the molecule is c1ccc(-c2cc(N3c4ccccc4N(c4c(-c5ccccc5)cc(-c5nc(-c6ccccc6)nc(-c6ccccc6)n5)cc4-c4nc(-c5ccccc5)cc(-c5ccccc5)n4)c4ccccc43)nc(-c3ccccc3)n2)cc1. The van der Waals surface area contributed by atoms with Crippen LogP contribution in [0.2, 0.25) is 0 Å². The lowest BCUT2D eigenvalue weighted by molar-refractivity contribution is 1.07. The molecule has 0 spiro atoms. The first-order chi connectivity index (χ1) is 39.7. The summed E-state index contributed by atoms with van der Waals surface area (Å²) in [5.74, 6) is 3.49. The summed E-state index contributed by atoms with van der Waals surface area (Å²) in [6.45, 7) is 0. The van der Waals surface area contributed by atoms with Gasteiger partial charge < -0.3 is 4.90 Å². The number of anilines is 6. The molecule has 4 heterocycles. The lowest BCUT2D eigenvalue weighted by Gasteiger charge is -2.41. The molecule has 0 saturated carbocycles. The van der Waals surface area contributed by atoms with Gasteiger partial charge in [-0.1, -0.05) is 237 Å². The van der Waals surface area contributed by atoms with Crippen molar-refractivity contribution >= 4 is 34.3 Å². The molecule has 0 aliphatic carbocycles. The minimum atomic E-state index is 0.503. The van der Waals surface area contributed by atoms with E-state index < -0.39 is 0 Å². The summed E-state index contributed by atoms with van der Waals surface area (Å²) >= 11 is 0. The lowest BCUT2D eigenvalue weighted by atomic mass is 9.93. The van der Waals surface area contributed by atoms with Crippen molar-refractivity contribution in [2.24, 2.45) is 0 Å². The molecule has 376 valence electrons. The highest BCUT2D eigenvalue weighted by molar-refractivity contribution is 6.07. The zero-order valence-corrected chi connectivity index (χ0v) is 43.2. The number of fused-ring (bicyclic) bond motifs is 2. The molecular weight excluding hydrogens is 979 g/mol. The van der Waals surface area contributed by atoms with E-state index in [9.17, 15) is 0 Å². The summed E-state index contributed by atoms with van der Waals surface area (Å²) in [6.07, 6.45) is 0. The molecule has 1 aliphatic rings. The smallest absolute Gasteiger partial charge is 0.164 e. The Morgan fingerprint density at radius 3 is 0.912 bits per heavy atom. The number of rotatable bonds is 11. The Bertz CT molecular complexity index is 4120. The maximum atomic E-state index is 5.59. The number of hydrogen-bond donors (Lipinski definition) is 0. The summed E-state index contributed by atoms with van der Waals surface area (Å²) < 4.78 is 0. The van der Waals surface area contributed by atoms with Gasteiger partial charge in [-0.3, -0.25) is 4.90 Å². The molecule has 0 amide bonds. The van der Waals surface area contributed by atoms with Crippen LogP contribution < -0.4 is 9.80 Å². The zero-order valence-electron chi connectivity index (χ0n) is 43.2. The van der Waals surface area contributed by atoms with Gasteiger partial charge in [0.1, 0.15) is 5.82 Å². The van der Waals surface area contributed by atoms with E-state index >= 15 is 0 Å². The highest BCUT2D eigenvalue weighted by Gasteiger charge is 2.35. The fourth-order valence-electron chi connectivity index (χ4n) is 10.5. The predicted molar refractivity (Wildman–Crippen MR) is 323 cm³/mol. The molecule has 0 fully saturated rings. The van der Waals surface area contributed by atoms with E-state index in [2.05, 4.69) is 161 Å². The molecule has 0 N–H and O–H groups in total. The van der Waals surface area contributed by atoms with E-state index in [4.69, 9.17) is 34.9 Å². The standard InChI is InChI=1S/C71H47N9/c1-8-26-48(27-9-1)56-44-55(70-77-68(53-36-18-6-19-37-53)76-69(78-70)54-38-20-7-21-39-54)45-57(71-73-58(49-28-10-2-11-29-49)46-59(74-71)50-30-12-3-13-31-50)66(56)80-63-42-24-22-40-61(63)79(62-41-23-25-43-64(62)80)65-47-60(51-32-14-4-15-33-51)72-67(75-65)52-34-16-5-17-35-52/h1-47H. The molecule has 3 aromatic heterocycles. The van der Waals surface area contributed by atoms with Gasteiger partial charge in [-0.15, -0.1) is 0 Å². The molecule has 80 heavy (non-hydrogen) atoms. The van der Waals surface area contributed by atoms with Crippen LogP contribution >= 0.6 is 0 Å². The lowest BCUT2D eigenvalue weighted by Crippen LogP contribution is -2.25. The monoisotopic (exact) mass is 1030 g/mol. The van der Waals surface area contributed by atoms with E-state index in [1.165, 1.54) is 0 Å². The van der Waals surface area contributed by atoms with Crippen molar-refractivity contribution in [3.63, 3.8) is 0 Å². The molecule has 0 unspecified atom stereocenters. The quantitative estimate of drug-likeness (QED) is 0.125.